The second-order valence-corrected chi connectivity index (χ2v) is 5.88. The lowest BCUT2D eigenvalue weighted by atomic mass is 10.1. The first-order valence-electron chi connectivity index (χ1n) is 8.01. The number of anilines is 2. The van der Waals surface area contributed by atoms with Crippen molar-refractivity contribution in [2.24, 2.45) is 0 Å². The van der Waals surface area contributed by atoms with Crippen LogP contribution < -0.4 is 11.1 Å². The van der Waals surface area contributed by atoms with E-state index in [0.29, 0.717) is 18.1 Å². The van der Waals surface area contributed by atoms with Gasteiger partial charge in [0.15, 0.2) is 5.82 Å². The van der Waals surface area contributed by atoms with Gasteiger partial charge in [0.1, 0.15) is 5.52 Å². The number of aromatic nitrogens is 4. The Hall–Kier alpha value is -3.19. The molecule has 0 saturated heterocycles. The number of benzene rings is 2. The van der Waals surface area contributed by atoms with Gasteiger partial charge in [0.2, 0.25) is 0 Å². The quantitative estimate of drug-likeness (QED) is 0.426. The standard InChI is InChI=1S/C18H18N6O/c1-10-14(20-4-5-25)3-2-11-8-21-18(24-16(10)11)12-6-13(19)17-15(7-12)22-9-23-17/h2-3,6-9,20,25H,4-5,19H2,1H3,(H,22,23). The van der Waals surface area contributed by atoms with E-state index >= 15 is 0 Å². The second kappa shape index (κ2) is 6.03. The third-order valence-electron chi connectivity index (χ3n) is 4.24. The van der Waals surface area contributed by atoms with Crippen molar-refractivity contribution in [3.63, 3.8) is 0 Å². The van der Waals surface area contributed by atoms with Crippen molar-refractivity contribution >= 4 is 33.3 Å². The van der Waals surface area contributed by atoms with E-state index in [2.05, 4.69) is 20.3 Å². The molecule has 0 radical (unpaired) electrons. The SMILES string of the molecule is Cc1c(NCCO)ccc2cnc(-c3cc(N)c4nc[nH]c4c3)nc12. The highest BCUT2D eigenvalue weighted by Crippen LogP contribution is 2.28. The number of nitrogens with one attached hydrogen (secondary N) is 2. The average Bonchev–Trinajstić information content (AvgIpc) is 3.10. The Bertz CT molecular complexity index is 1070. The molecule has 7 heteroatoms. The summed E-state index contributed by atoms with van der Waals surface area (Å²) >= 11 is 0. The molecule has 4 aromatic rings. The minimum absolute atomic E-state index is 0.0793. The number of rotatable bonds is 4. The Morgan fingerprint density at radius 1 is 1.20 bits per heavy atom. The van der Waals surface area contributed by atoms with Crippen molar-refractivity contribution in [1.82, 2.24) is 19.9 Å². The minimum Gasteiger partial charge on any atom is -0.397 e. The molecular weight excluding hydrogens is 316 g/mol. The van der Waals surface area contributed by atoms with E-state index in [0.717, 1.165) is 38.8 Å². The van der Waals surface area contributed by atoms with E-state index in [1.54, 1.807) is 6.33 Å². The number of nitrogen functional groups attached to an aromatic ring is 1. The van der Waals surface area contributed by atoms with Crippen molar-refractivity contribution in [1.29, 1.82) is 0 Å². The molecule has 126 valence electrons. The highest BCUT2D eigenvalue weighted by molar-refractivity contribution is 5.92. The zero-order valence-corrected chi connectivity index (χ0v) is 13.7. The first-order chi connectivity index (χ1) is 12.2. The van der Waals surface area contributed by atoms with Crippen LogP contribution in [-0.4, -0.2) is 38.2 Å². The number of imidazole rings is 1. The fourth-order valence-electron chi connectivity index (χ4n) is 2.97. The summed E-state index contributed by atoms with van der Waals surface area (Å²) in [6.07, 6.45) is 3.43. The van der Waals surface area contributed by atoms with Crippen LogP contribution in [0.5, 0.6) is 0 Å². The fraction of sp³-hybridized carbons (Fsp3) is 0.167. The normalized spacial score (nSPS) is 11.3. The van der Waals surface area contributed by atoms with E-state index in [1.165, 1.54) is 0 Å². The lowest BCUT2D eigenvalue weighted by Gasteiger charge is -2.11. The maximum atomic E-state index is 9.01. The molecule has 0 spiro atoms. The van der Waals surface area contributed by atoms with Crippen LogP contribution in [0, 0.1) is 6.92 Å². The second-order valence-electron chi connectivity index (χ2n) is 5.88. The summed E-state index contributed by atoms with van der Waals surface area (Å²) in [4.78, 5) is 16.5. The zero-order chi connectivity index (χ0) is 17.4. The number of H-pyrrole nitrogens is 1. The van der Waals surface area contributed by atoms with E-state index in [4.69, 9.17) is 15.8 Å². The number of nitrogens with two attached hydrogens (primary N) is 1. The van der Waals surface area contributed by atoms with Crippen LogP contribution in [0.2, 0.25) is 0 Å². The molecule has 2 aromatic carbocycles. The molecule has 0 aliphatic rings. The molecule has 2 heterocycles. The lowest BCUT2D eigenvalue weighted by molar-refractivity contribution is 0.311. The molecular formula is C18H18N6O. The fourth-order valence-corrected chi connectivity index (χ4v) is 2.97. The monoisotopic (exact) mass is 334 g/mol. The summed E-state index contributed by atoms with van der Waals surface area (Å²) in [5, 5.41) is 13.2. The topological polar surface area (TPSA) is 113 Å². The smallest absolute Gasteiger partial charge is 0.159 e. The molecule has 0 aliphatic carbocycles. The molecule has 4 rings (SSSR count). The molecule has 7 nitrogen and oxygen atoms in total. The first-order valence-corrected chi connectivity index (χ1v) is 8.01. The summed E-state index contributed by atoms with van der Waals surface area (Å²) in [6.45, 7) is 2.58. The molecule has 0 saturated carbocycles. The molecule has 0 fully saturated rings. The van der Waals surface area contributed by atoms with Crippen molar-refractivity contribution in [2.75, 3.05) is 24.2 Å². The maximum absolute atomic E-state index is 9.01. The third kappa shape index (κ3) is 2.64. The maximum Gasteiger partial charge on any atom is 0.159 e. The molecule has 0 unspecified atom stereocenters. The first kappa shape index (κ1) is 15.3. The van der Waals surface area contributed by atoms with Gasteiger partial charge in [0, 0.05) is 29.4 Å². The summed E-state index contributed by atoms with van der Waals surface area (Å²) in [5.74, 6) is 0.609. The average molecular weight is 334 g/mol. The molecule has 0 atom stereocenters. The van der Waals surface area contributed by atoms with E-state index < -0.39 is 0 Å². The molecule has 2 aromatic heterocycles. The number of aromatic amines is 1. The van der Waals surface area contributed by atoms with E-state index in [9.17, 15) is 0 Å². The predicted molar refractivity (Wildman–Crippen MR) is 99.4 cm³/mol. The zero-order valence-electron chi connectivity index (χ0n) is 13.7. The Labute approximate surface area is 143 Å². The predicted octanol–water partition coefficient (Wildman–Crippen LogP) is 2.47. The van der Waals surface area contributed by atoms with Gasteiger partial charge in [-0.1, -0.05) is 0 Å². The summed E-state index contributed by atoms with van der Waals surface area (Å²) in [5.41, 5.74) is 12.0. The number of hydrogen-bond acceptors (Lipinski definition) is 6. The van der Waals surface area contributed by atoms with Gasteiger partial charge in [-0.2, -0.15) is 0 Å². The molecule has 0 aliphatic heterocycles. The van der Waals surface area contributed by atoms with Gasteiger partial charge in [-0.3, -0.25) is 0 Å². The van der Waals surface area contributed by atoms with E-state index in [1.807, 2.05) is 37.4 Å². The number of fused-ring (bicyclic) bond motifs is 2. The Morgan fingerprint density at radius 2 is 2.08 bits per heavy atom. The number of aliphatic hydroxyl groups is 1. The van der Waals surface area contributed by atoms with Crippen molar-refractivity contribution < 1.29 is 5.11 Å². The Morgan fingerprint density at radius 3 is 2.92 bits per heavy atom. The van der Waals surface area contributed by atoms with Crippen LogP contribution in [0.1, 0.15) is 5.56 Å². The van der Waals surface area contributed by atoms with Crippen LogP contribution in [0.15, 0.2) is 36.8 Å². The van der Waals surface area contributed by atoms with Crippen LogP contribution in [0.3, 0.4) is 0 Å². The number of hydrogen-bond donors (Lipinski definition) is 4. The van der Waals surface area contributed by atoms with Crippen molar-refractivity contribution in [3.05, 3.63) is 42.4 Å². The summed E-state index contributed by atoms with van der Waals surface area (Å²) in [7, 11) is 0. The third-order valence-corrected chi connectivity index (χ3v) is 4.24. The largest absolute Gasteiger partial charge is 0.397 e. The van der Waals surface area contributed by atoms with Gasteiger partial charge < -0.3 is 21.1 Å². The van der Waals surface area contributed by atoms with Gasteiger partial charge in [-0.15, -0.1) is 0 Å². The summed E-state index contributed by atoms with van der Waals surface area (Å²) in [6, 6.07) is 7.74. The van der Waals surface area contributed by atoms with Gasteiger partial charge in [0.25, 0.3) is 0 Å². The van der Waals surface area contributed by atoms with Crippen LogP contribution in [0.25, 0.3) is 33.3 Å². The van der Waals surface area contributed by atoms with Crippen LogP contribution in [0.4, 0.5) is 11.4 Å². The van der Waals surface area contributed by atoms with E-state index in [-0.39, 0.29) is 6.61 Å². The van der Waals surface area contributed by atoms with Gasteiger partial charge in [0.05, 0.1) is 29.7 Å². The van der Waals surface area contributed by atoms with Gasteiger partial charge in [-0.25, -0.2) is 15.0 Å². The minimum atomic E-state index is 0.0793. The summed E-state index contributed by atoms with van der Waals surface area (Å²) < 4.78 is 0. The van der Waals surface area contributed by atoms with Gasteiger partial charge in [-0.05, 0) is 36.8 Å². The Kier molecular flexibility index (Phi) is 3.70. The molecule has 0 bridgehead atoms. The van der Waals surface area contributed by atoms with Crippen LogP contribution in [-0.2, 0) is 0 Å². The number of aliphatic hydroxyl groups excluding tert-OH is 1. The van der Waals surface area contributed by atoms with Crippen molar-refractivity contribution in [2.45, 2.75) is 6.92 Å². The highest BCUT2D eigenvalue weighted by atomic mass is 16.3. The number of aryl methyl sites for hydroxylation is 1. The molecule has 5 N–H and O–H groups in total. The highest BCUT2D eigenvalue weighted by Gasteiger charge is 2.11. The lowest BCUT2D eigenvalue weighted by Crippen LogP contribution is -2.07. The Balaban J connectivity index is 1.85. The molecule has 0 amide bonds. The van der Waals surface area contributed by atoms with Crippen molar-refractivity contribution in [3.8, 4) is 11.4 Å². The van der Waals surface area contributed by atoms with Gasteiger partial charge >= 0.3 is 0 Å². The van der Waals surface area contributed by atoms with Crippen LogP contribution >= 0.6 is 0 Å². The molecule has 25 heavy (non-hydrogen) atoms. The number of nitrogens with zero attached hydrogens (tertiary/aromatic N) is 3.